The lowest BCUT2D eigenvalue weighted by Gasteiger charge is -2.33. The molecule has 1 aliphatic rings. The lowest BCUT2D eigenvalue weighted by Crippen LogP contribution is -2.53. The average molecular weight is 614 g/mol. The van der Waals surface area contributed by atoms with Gasteiger partial charge in [-0.1, -0.05) is 101 Å². The van der Waals surface area contributed by atoms with E-state index in [0.717, 1.165) is 46.8 Å². The Morgan fingerprint density at radius 2 is 1.63 bits per heavy atom. The van der Waals surface area contributed by atoms with E-state index in [1.807, 2.05) is 78.9 Å². The van der Waals surface area contributed by atoms with Gasteiger partial charge in [0.1, 0.15) is 6.04 Å². The second-order valence-electron chi connectivity index (χ2n) is 9.82. The Hall–Kier alpha value is -2.28. The molecule has 0 heterocycles. The first kappa shape index (κ1) is 28.7. The summed E-state index contributed by atoms with van der Waals surface area (Å²) in [5, 5.41) is 3.99. The molecule has 200 valence electrons. The standard InChI is InChI=1S/C31H34BrClN2O2S/c32-26-11-7-10-25(18-26)20-35(30(36)22-38-21-24-14-16-27(33)17-15-24)29(19-23-8-3-1-4-9-23)31(37)34-28-12-5-2-6-13-28/h1,3-4,7-11,14-18,28-29H,2,5-6,12-13,19-22H2,(H,34,37). The van der Waals surface area contributed by atoms with E-state index in [2.05, 4.69) is 21.2 Å². The molecule has 3 aromatic carbocycles. The number of halogens is 2. The number of hydrogen-bond donors (Lipinski definition) is 1. The van der Waals surface area contributed by atoms with E-state index < -0.39 is 6.04 Å². The molecule has 4 nitrogen and oxygen atoms in total. The fourth-order valence-corrected chi connectivity index (χ4v) is 6.29. The summed E-state index contributed by atoms with van der Waals surface area (Å²) in [7, 11) is 0. The van der Waals surface area contributed by atoms with Crippen molar-refractivity contribution >= 4 is 51.1 Å². The predicted molar refractivity (Wildman–Crippen MR) is 161 cm³/mol. The lowest BCUT2D eigenvalue weighted by atomic mass is 9.94. The van der Waals surface area contributed by atoms with E-state index in [4.69, 9.17) is 11.6 Å². The van der Waals surface area contributed by atoms with Gasteiger partial charge in [0.2, 0.25) is 11.8 Å². The van der Waals surface area contributed by atoms with Gasteiger partial charge in [-0.05, 0) is 53.8 Å². The third kappa shape index (κ3) is 8.89. The summed E-state index contributed by atoms with van der Waals surface area (Å²) < 4.78 is 0.950. The van der Waals surface area contributed by atoms with Crippen LogP contribution in [-0.4, -0.2) is 34.6 Å². The fraction of sp³-hybridized carbons (Fsp3) is 0.355. The molecule has 0 bridgehead atoms. The zero-order chi connectivity index (χ0) is 26.7. The minimum absolute atomic E-state index is 0.0383. The van der Waals surface area contributed by atoms with Crippen LogP contribution in [0.4, 0.5) is 0 Å². The van der Waals surface area contributed by atoms with E-state index >= 15 is 0 Å². The Balaban J connectivity index is 1.56. The lowest BCUT2D eigenvalue weighted by molar-refractivity contribution is -0.139. The Morgan fingerprint density at radius 1 is 0.921 bits per heavy atom. The summed E-state index contributed by atoms with van der Waals surface area (Å²) in [5.74, 6) is 0.889. The highest BCUT2D eigenvalue weighted by Crippen LogP contribution is 2.22. The van der Waals surface area contributed by atoms with Crippen LogP contribution in [0.15, 0.2) is 83.3 Å². The van der Waals surface area contributed by atoms with Crippen LogP contribution in [0, 0.1) is 0 Å². The van der Waals surface area contributed by atoms with Crippen LogP contribution in [0.1, 0.15) is 48.8 Å². The molecule has 1 unspecified atom stereocenters. The van der Waals surface area contributed by atoms with Crippen molar-refractivity contribution in [2.24, 2.45) is 0 Å². The van der Waals surface area contributed by atoms with Gasteiger partial charge in [-0.25, -0.2) is 0 Å². The molecular formula is C31H34BrClN2O2S. The van der Waals surface area contributed by atoms with Gasteiger partial charge in [-0.2, -0.15) is 0 Å². The number of benzene rings is 3. The third-order valence-corrected chi connectivity index (χ3v) is 8.61. The largest absolute Gasteiger partial charge is 0.352 e. The maximum Gasteiger partial charge on any atom is 0.243 e. The molecule has 1 N–H and O–H groups in total. The highest BCUT2D eigenvalue weighted by molar-refractivity contribution is 9.10. The second kappa shape index (κ2) is 14.8. The Kier molecular flexibility index (Phi) is 11.2. The SMILES string of the molecule is O=C(NC1CCCCC1)C(Cc1ccccc1)N(Cc1cccc(Br)c1)C(=O)CSCc1ccc(Cl)cc1. The molecule has 1 aliphatic carbocycles. The molecule has 0 aliphatic heterocycles. The van der Waals surface area contributed by atoms with Gasteiger partial charge in [0.05, 0.1) is 5.75 Å². The number of nitrogens with zero attached hydrogens (tertiary/aromatic N) is 1. The number of rotatable bonds is 11. The zero-order valence-electron chi connectivity index (χ0n) is 21.5. The predicted octanol–water partition coefficient (Wildman–Crippen LogP) is 7.42. The van der Waals surface area contributed by atoms with E-state index in [1.54, 1.807) is 16.7 Å². The first-order valence-electron chi connectivity index (χ1n) is 13.2. The maximum absolute atomic E-state index is 13.8. The Morgan fingerprint density at radius 3 is 2.34 bits per heavy atom. The van der Waals surface area contributed by atoms with E-state index in [9.17, 15) is 9.59 Å². The molecule has 4 rings (SSSR count). The maximum atomic E-state index is 13.8. The molecule has 1 saturated carbocycles. The minimum Gasteiger partial charge on any atom is -0.352 e. The number of nitrogens with one attached hydrogen (secondary N) is 1. The van der Waals surface area contributed by atoms with Crippen LogP contribution in [0.5, 0.6) is 0 Å². The van der Waals surface area contributed by atoms with E-state index in [-0.39, 0.29) is 17.9 Å². The average Bonchev–Trinajstić information content (AvgIpc) is 2.93. The van der Waals surface area contributed by atoms with Gasteiger partial charge in [0.25, 0.3) is 0 Å². The van der Waals surface area contributed by atoms with Crippen molar-refractivity contribution in [1.29, 1.82) is 0 Å². The molecule has 0 saturated heterocycles. The molecule has 0 radical (unpaired) electrons. The van der Waals surface area contributed by atoms with Crippen molar-refractivity contribution in [2.45, 2.75) is 62.9 Å². The van der Waals surface area contributed by atoms with Crippen LogP contribution in [0.25, 0.3) is 0 Å². The van der Waals surface area contributed by atoms with Crippen molar-refractivity contribution in [3.8, 4) is 0 Å². The zero-order valence-corrected chi connectivity index (χ0v) is 24.6. The van der Waals surface area contributed by atoms with Crippen LogP contribution in [-0.2, 0) is 28.3 Å². The normalized spacial score (nSPS) is 14.6. The van der Waals surface area contributed by atoms with Crippen LogP contribution >= 0.6 is 39.3 Å². The summed E-state index contributed by atoms with van der Waals surface area (Å²) in [6.07, 6.45) is 5.96. The molecule has 7 heteroatoms. The minimum atomic E-state index is -0.595. The van der Waals surface area contributed by atoms with Gasteiger partial charge in [0.15, 0.2) is 0 Å². The number of carbonyl (C=O) groups is 2. The topological polar surface area (TPSA) is 49.4 Å². The van der Waals surface area contributed by atoms with Crippen molar-refractivity contribution < 1.29 is 9.59 Å². The van der Waals surface area contributed by atoms with Crippen LogP contribution < -0.4 is 5.32 Å². The quantitative estimate of drug-likeness (QED) is 0.245. The highest BCUT2D eigenvalue weighted by atomic mass is 79.9. The molecular weight excluding hydrogens is 580 g/mol. The Labute approximate surface area is 243 Å². The number of thioether (sulfide) groups is 1. The third-order valence-electron chi connectivity index (χ3n) is 6.87. The second-order valence-corrected chi connectivity index (χ2v) is 12.2. The van der Waals surface area contributed by atoms with E-state index in [1.165, 1.54) is 6.42 Å². The summed E-state index contributed by atoms with van der Waals surface area (Å²) in [5.41, 5.74) is 3.14. The van der Waals surface area contributed by atoms with Gasteiger partial charge < -0.3 is 10.2 Å². The van der Waals surface area contributed by atoms with Gasteiger partial charge in [0, 0.05) is 34.3 Å². The molecule has 1 atom stereocenters. The van der Waals surface area contributed by atoms with Gasteiger partial charge >= 0.3 is 0 Å². The van der Waals surface area contributed by atoms with Gasteiger partial charge in [-0.3, -0.25) is 9.59 Å². The molecule has 2 amide bonds. The number of hydrogen-bond acceptors (Lipinski definition) is 3. The number of amides is 2. The first-order valence-corrected chi connectivity index (χ1v) is 15.5. The van der Waals surface area contributed by atoms with Crippen molar-refractivity contribution in [2.75, 3.05) is 5.75 Å². The van der Waals surface area contributed by atoms with Crippen molar-refractivity contribution in [1.82, 2.24) is 10.2 Å². The van der Waals surface area contributed by atoms with Crippen molar-refractivity contribution in [3.63, 3.8) is 0 Å². The summed E-state index contributed by atoms with van der Waals surface area (Å²) >= 11 is 11.1. The highest BCUT2D eigenvalue weighted by Gasteiger charge is 2.31. The smallest absolute Gasteiger partial charge is 0.243 e. The molecule has 38 heavy (non-hydrogen) atoms. The number of carbonyl (C=O) groups excluding carboxylic acids is 2. The monoisotopic (exact) mass is 612 g/mol. The molecule has 0 spiro atoms. The van der Waals surface area contributed by atoms with Crippen molar-refractivity contribution in [3.05, 3.63) is 105 Å². The molecule has 3 aromatic rings. The van der Waals surface area contributed by atoms with E-state index in [0.29, 0.717) is 29.5 Å². The Bertz CT molecular complexity index is 1190. The van der Waals surface area contributed by atoms with Gasteiger partial charge in [-0.15, -0.1) is 11.8 Å². The molecule has 0 aromatic heterocycles. The van der Waals surface area contributed by atoms with Crippen LogP contribution in [0.3, 0.4) is 0 Å². The van der Waals surface area contributed by atoms with Crippen LogP contribution in [0.2, 0.25) is 5.02 Å². The molecule has 1 fully saturated rings. The first-order chi connectivity index (χ1) is 18.5. The summed E-state index contributed by atoms with van der Waals surface area (Å²) in [4.78, 5) is 29.4. The fourth-order valence-electron chi connectivity index (χ4n) is 4.85. The summed E-state index contributed by atoms with van der Waals surface area (Å²) in [6.45, 7) is 0.370. The summed E-state index contributed by atoms with van der Waals surface area (Å²) in [6, 6.07) is 25.2.